The van der Waals surface area contributed by atoms with Gasteiger partial charge in [-0.3, -0.25) is 0 Å². The number of hydrogen-bond donors (Lipinski definition) is 1. The van der Waals surface area contributed by atoms with Crippen LogP contribution < -0.4 is 5.32 Å². The first-order valence-corrected chi connectivity index (χ1v) is 5.76. The minimum atomic E-state index is -0.580. The van der Waals surface area contributed by atoms with Crippen LogP contribution in [0.4, 0.5) is 16.1 Å². The molecule has 1 N–H and O–H groups in total. The van der Waals surface area contributed by atoms with E-state index in [2.05, 4.69) is 10.3 Å². The molecule has 2 aromatic rings. The quantitative estimate of drug-likeness (QED) is 0.860. The maximum absolute atomic E-state index is 13.5. The SMILES string of the molecule is CCOC(=O)c1coc(Nc2cc(C)ccc2F)n1. The van der Waals surface area contributed by atoms with E-state index in [-0.39, 0.29) is 24.0 Å². The van der Waals surface area contributed by atoms with Crippen molar-refractivity contribution in [2.24, 2.45) is 0 Å². The molecule has 1 aromatic carbocycles. The lowest BCUT2D eigenvalue weighted by Gasteiger charge is -2.04. The average molecular weight is 264 g/mol. The Bertz CT molecular complexity index is 595. The van der Waals surface area contributed by atoms with Gasteiger partial charge in [0.15, 0.2) is 5.69 Å². The molecule has 0 spiro atoms. The zero-order chi connectivity index (χ0) is 13.8. The van der Waals surface area contributed by atoms with Crippen LogP contribution in [0.25, 0.3) is 0 Å². The second-order valence-electron chi connectivity index (χ2n) is 3.87. The van der Waals surface area contributed by atoms with Gasteiger partial charge in [0.05, 0.1) is 12.3 Å². The predicted octanol–water partition coefficient (Wildman–Crippen LogP) is 3.04. The summed E-state index contributed by atoms with van der Waals surface area (Å²) in [5.74, 6) is -1.01. The van der Waals surface area contributed by atoms with E-state index in [9.17, 15) is 9.18 Å². The first kappa shape index (κ1) is 13.1. The van der Waals surface area contributed by atoms with Crippen molar-refractivity contribution < 1.29 is 18.3 Å². The lowest BCUT2D eigenvalue weighted by atomic mass is 10.2. The Labute approximate surface area is 109 Å². The molecule has 2 rings (SSSR count). The van der Waals surface area contributed by atoms with Gasteiger partial charge in [0.2, 0.25) is 0 Å². The molecule has 6 heteroatoms. The molecule has 0 aliphatic carbocycles. The summed E-state index contributed by atoms with van der Waals surface area (Å²) in [5, 5.41) is 2.67. The van der Waals surface area contributed by atoms with Crippen LogP contribution in [0.1, 0.15) is 23.0 Å². The van der Waals surface area contributed by atoms with Gasteiger partial charge in [-0.1, -0.05) is 6.07 Å². The summed E-state index contributed by atoms with van der Waals surface area (Å²) in [6.45, 7) is 3.78. The number of carbonyl (C=O) groups is 1. The number of rotatable bonds is 4. The fourth-order valence-electron chi connectivity index (χ4n) is 1.48. The summed E-state index contributed by atoms with van der Waals surface area (Å²) in [4.78, 5) is 15.3. The molecule has 0 aliphatic rings. The van der Waals surface area contributed by atoms with Gasteiger partial charge in [-0.25, -0.2) is 9.18 Å². The second-order valence-corrected chi connectivity index (χ2v) is 3.87. The van der Waals surface area contributed by atoms with E-state index in [1.54, 1.807) is 19.1 Å². The Hall–Kier alpha value is -2.37. The Kier molecular flexibility index (Phi) is 3.79. The number of benzene rings is 1. The first-order chi connectivity index (χ1) is 9.10. The van der Waals surface area contributed by atoms with Crippen LogP contribution in [0.5, 0.6) is 0 Å². The summed E-state index contributed by atoms with van der Waals surface area (Å²) in [6.07, 6.45) is 1.16. The third kappa shape index (κ3) is 3.09. The predicted molar refractivity (Wildman–Crippen MR) is 66.9 cm³/mol. The number of carbonyl (C=O) groups excluding carboxylic acids is 1. The number of halogens is 1. The Morgan fingerprint density at radius 2 is 2.32 bits per heavy atom. The molecule has 0 aliphatic heterocycles. The van der Waals surface area contributed by atoms with E-state index in [0.717, 1.165) is 11.8 Å². The summed E-state index contributed by atoms with van der Waals surface area (Å²) in [5.41, 5.74) is 1.16. The molecule has 0 radical (unpaired) electrons. The van der Waals surface area contributed by atoms with Crippen molar-refractivity contribution in [2.45, 2.75) is 13.8 Å². The molecule has 100 valence electrons. The van der Waals surface area contributed by atoms with Gasteiger partial charge in [0, 0.05) is 0 Å². The normalized spacial score (nSPS) is 10.3. The molecule has 5 nitrogen and oxygen atoms in total. The molecule has 0 bridgehead atoms. The molecule has 0 unspecified atom stereocenters. The number of oxazole rings is 1. The number of aromatic nitrogens is 1. The van der Waals surface area contributed by atoms with Crippen LogP contribution in [0.2, 0.25) is 0 Å². The number of aryl methyl sites for hydroxylation is 1. The van der Waals surface area contributed by atoms with Crippen LogP contribution in [-0.2, 0) is 4.74 Å². The molecule has 0 atom stereocenters. The van der Waals surface area contributed by atoms with Crippen molar-refractivity contribution in [3.05, 3.63) is 41.5 Å². The lowest BCUT2D eigenvalue weighted by Crippen LogP contribution is -2.05. The van der Waals surface area contributed by atoms with E-state index in [0.29, 0.717) is 0 Å². The summed E-state index contributed by atoms with van der Waals surface area (Å²) >= 11 is 0. The van der Waals surface area contributed by atoms with Crippen LogP contribution in [-0.4, -0.2) is 17.6 Å². The molecular formula is C13H13FN2O3. The van der Waals surface area contributed by atoms with E-state index in [1.165, 1.54) is 6.07 Å². The zero-order valence-electron chi connectivity index (χ0n) is 10.6. The summed E-state index contributed by atoms with van der Waals surface area (Å²) < 4.78 is 23.3. The molecule has 1 aromatic heterocycles. The van der Waals surface area contributed by atoms with Gasteiger partial charge in [0.1, 0.15) is 12.1 Å². The number of nitrogens with zero attached hydrogens (tertiary/aromatic N) is 1. The fraction of sp³-hybridized carbons (Fsp3) is 0.231. The fourth-order valence-corrected chi connectivity index (χ4v) is 1.48. The zero-order valence-corrected chi connectivity index (χ0v) is 10.6. The third-order valence-corrected chi connectivity index (χ3v) is 2.35. The minimum Gasteiger partial charge on any atom is -0.461 e. The van der Waals surface area contributed by atoms with E-state index in [4.69, 9.17) is 9.15 Å². The molecule has 0 saturated carbocycles. The maximum atomic E-state index is 13.5. The maximum Gasteiger partial charge on any atom is 0.360 e. The highest BCUT2D eigenvalue weighted by molar-refractivity contribution is 5.87. The number of ether oxygens (including phenoxy) is 1. The van der Waals surface area contributed by atoms with Crippen molar-refractivity contribution in [2.75, 3.05) is 11.9 Å². The largest absolute Gasteiger partial charge is 0.461 e. The van der Waals surface area contributed by atoms with Crippen molar-refractivity contribution in [3.63, 3.8) is 0 Å². The summed E-state index contributed by atoms with van der Waals surface area (Å²) in [7, 11) is 0. The van der Waals surface area contributed by atoms with Crippen LogP contribution in [0, 0.1) is 12.7 Å². The van der Waals surface area contributed by atoms with Crippen molar-refractivity contribution in [1.29, 1.82) is 0 Å². The van der Waals surface area contributed by atoms with E-state index < -0.39 is 11.8 Å². The lowest BCUT2D eigenvalue weighted by molar-refractivity contribution is 0.0519. The highest BCUT2D eigenvalue weighted by Gasteiger charge is 2.14. The third-order valence-electron chi connectivity index (χ3n) is 2.35. The number of anilines is 2. The molecule has 1 heterocycles. The highest BCUT2D eigenvalue weighted by atomic mass is 19.1. The Morgan fingerprint density at radius 1 is 1.53 bits per heavy atom. The van der Waals surface area contributed by atoms with Gasteiger partial charge in [-0.15, -0.1) is 0 Å². The van der Waals surface area contributed by atoms with Crippen molar-refractivity contribution in [3.8, 4) is 0 Å². The molecule has 0 amide bonds. The van der Waals surface area contributed by atoms with Gasteiger partial charge < -0.3 is 14.5 Å². The number of nitrogens with one attached hydrogen (secondary N) is 1. The van der Waals surface area contributed by atoms with Gasteiger partial charge >= 0.3 is 5.97 Å². The van der Waals surface area contributed by atoms with Gasteiger partial charge in [-0.05, 0) is 31.5 Å². The number of hydrogen-bond acceptors (Lipinski definition) is 5. The molecule has 0 fully saturated rings. The van der Waals surface area contributed by atoms with Crippen molar-refractivity contribution in [1.82, 2.24) is 4.98 Å². The van der Waals surface area contributed by atoms with E-state index in [1.807, 2.05) is 6.92 Å². The van der Waals surface area contributed by atoms with Crippen molar-refractivity contribution >= 4 is 17.7 Å². The topological polar surface area (TPSA) is 64.4 Å². The van der Waals surface area contributed by atoms with Crippen LogP contribution in [0.15, 0.2) is 28.9 Å². The number of esters is 1. The smallest absolute Gasteiger partial charge is 0.360 e. The Morgan fingerprint density at radius 3 is 3.05 bits per heavy atom. The Balaban J connectivity index is 2.15. The van der Waals surface area contributed by atoms with Crippen LogP contribution in [0.3, 0.4) is 0 Å². The molecular weight excluding hydrogens is 251 g/mol. The molecule has 0 saturated heterocycles. The monoisotopic (exact) mass is 264 g/mol. The van der Waals surface area contributed by atoms with Gasteiger partial charge in [0.25, 0.3) is 6.01 Å². The van der Waals surface area contributed by atoms with E-state index >= 15 is 0 Å². The average Bonchev–Trinajstić information content (AvgIpc) is 2.83. The second kappa shape index (κ2) is 5.51. The summed E-state index contributed by atoms with van der Waals surface area (Å²) in [6, 6.07) is 4.64. The minimum absolute atomic E-state index is 0.0348. The standard InChI is InChI=1S/C13H13FN2O3/c1-3-18-12(17)11-7-19-13(16-11)15-10-6-8(2)4-5-9(10)14/h4-7H,3H2,1-2H3,(H,15,16). The highest BCUT2D eigenvalue weighted by Crippen LogP contribution is 2.20. The first-order valence-electron chi connectivity index (χ1n) is 5.76. The van der Waals surface area contributed by atoms with Crippen LogP contribution >= 0.6 is 0 Å². The molecule has 19 heavy (non-hydrogen) atoms. The van der Waals surface area contributed by atoms with Gasteiger partial charge in [-0.2, -0.15) is 4.98 Å².